The van der Waals surface area contributed by atoms with Crippen molar-refractivity contribution in [1.82, 2.24) is 4.31 Å². The van der Waals surface area contributed by atoms with Crippen molar-refractivity contribution in [3.63, 3.8) is 0 Å². The quantitative estimate of drug-likeness (QED) is 0.725. The minimum absolute atomic E-state index is 0.113. The molecule has 1 aliphatic heterocycles. The summed E-state index contributed by atoms with van der Waals surface area (Å²) in [6.07, 6.45) is 1.68. The number of benzene rings is 2. The van der Waals surface area contributed by atoms with Gasteiger partial charge >= 0.3 is 5.97 Å². The van der Waals surface area contributed by atoms with E-state index in [-0.39, 0.29) is 10.5 Å². The van der Waals surface area contributed by atoms with Gasteiger partial charge in [0.05, 0.1) is 21.7 Å². The van der Waals surface area contributed by atoms with Gasteiger partial charge in [0, 0.05) is 13.1 Å². The van der Waals surface area contributed by atoms with Gasteiger partial charge in [-0.2, -0.15) is 9.57 Å². The maximum absolute atomic E-state index is 12.5. The number of nitrogens with zero attached hydrogens (tertiary/aromatic N) is 2. The SMILES string of the molecule is N#Cc1ccccc1NC(=O)COC(=O)c1ccc(S(=O)(=O)N2CCCC2)cc1. The number of nitriles is 1. The van der Waals surface area contributed by atoms with E-state index in [4.69, 9.17) is 10.00 Å². The molecule has 0 atom stereocenters. The monoisotopic (exact) mass is 413 g/mol. The van der Waals surface area contributed by atoms with Crippen molar-refractivity contribution in [2.75, 3.05) is 25.0 Å². The van der Waals surface area contributed by atoms with Crippen molar-refractivity contribution >= 4 is 27.6 Å². The van der Waals surface area contributed by atoms with Gasteiger partial charge in [0.15, 0.2) is 6.61 Å². The fraction of sp³-hybridized carbons (Fsp3) is 0.250. The Hall–Kier alpha value is -3.22. The predicted octanol–water partition coefficient (Wildman–Crippen LogP) is 2.14. The second-order valence-corrected chi connectivity index (χ2v) is 8.36. The van der Waals surface area contributed by atoms with Gasteiger partial charge in [0.1, 0.15) is 6.07 Å². The van der Waals surface area contributed by atoms with Gasteiger partial charge in [-0.05, 0) is 49.2 Å². The van der Waals surface area contributed by atoms with Crippen LogP contribution in [0.3, 0.4) is 0 Å². The van der Waals surface area contributed by atoms with E-state index >= 15 is 0 Å². The Kier molecular flexibility index (Phi) is 6.26. The summed E-state index contributed by atoms with van der Waals surface area (Å²) >= 11 is 0. The summed E-state index contributed by atoms with van der Waals surface area (Å²) in [6, 6.07) is 13.8. The molecule has 0 radical (unpaired) electrons. The summed E-state index contributed by atoms with van der Waals surface area (Å²) in [5.41, 5.74) is 0.755. The normalized spacial score (nSPS) is 14.2. The fourth-order valence-corrected chi connectivity index (χ4v) is 4.45. The zero-order chi connectivity index (χ0) is 20.9. The van der Waals surface area contributed by atoms with Crippen LogP contribution < -0.4 is 5.32 Å². The molecular weight excluding hydrogens is 394 g/mol. The van der Waals surface area contributed by atoms with Crippen molar-refractivity contribution in [2.24, 2.45) is 0 Å². The number of hydrogen-bond acceptors (Lipinski definition) is 6. The number of esters is 1. The molecule has 1 amide bonds. The Balaban J connectivity index is 1.58. The van der Waals surface area contributed by atoms with E-state index in [2.05, 4.69) is 5.32 Å². The van der Waals surface area contributed by atoms with E-state index in [1.165, 1.54) is 28.6 Å². The van der Waals surface area contributed by atoms with E-state index in [0.29, 0.717) is 24.3 Å². The molecule has 1 aliphatic rings. The average molecular weight is 413 g/mol. The highest BCUT2D eigenvalue weighted by molar-refractivity contribution is 7.89. The largest absolute Gasteiger partial charge is 0.452 e. The lowest BCUT2D eigenvalue weighted by atomic mass is 10.2. The smallest absolute Gasteiger partial charge is 0.338 e. The number of para-hydroxylation sites is 1. The number of nitrogens with one attached hydrogen (secondary N) is 1. The number of hydrogen-bond donors (Lipinski definition) is 1. The minimum atomic E-state index is -3.56. The Labute approximate surface area is 168 Å². The number of sulfonamides is 1. The molecule has 0 unspecified atom stereocenters. The van der Waals surface area contributed by atoms with Gasteiger partial charge in [-0.15, -0.1) is 0 Å². The maximum atomic E-state index is 12.5. The van der Waals surface area contributed by atoms with Crippen LogP contribution in [0.25, 0.3) is 0 Å². The molecule has 150 valence electrons. The molecular formula is C20H19N3O5S. The highest BCUT2D eigenvalue weighted by Gasteiger charge is 2.27. The highest BCUT2D eigenvalue weighted by Crippen LogP contribution is 2.21. The number of ether oxygens (including phenoxy) is 1. The van der Waals surface area contributed by atoms with Crippen LogP contribution in [-0.4, -0.2) is 44.3 Å². The first-order valence-electron chi connectivity index (χ1n) is 8.98. The lowest BCUT2D eigenvalue weighted by Gasteiger charge is -2.15. The summed E-state index contributed by atoms with van der Waals surface area (Å²) in [5, 5.41) is 11.5. The van der Waals surface area contributed by atoms with Crippen LogP contribution in [0.4, 0.5) is 5.69 Å². The first-order chi connectivity index (χ1) is 13.9. The molecule has 0 aromatic heterocycles. The number of anilines is 1. The van der Waals surface area contributed by atoms with E-state index < -0.39 is 28.5 Å². The van der Waals surface area contributed by atoms with Crippen molar-refractivity contribution in [2.45, 2.75) is 17.7 Å². The zero-order valence-electron chi connectivity index (χ0n) is 15.5. The van der Waals surface area contributed by atoms with Crippen LogP contribution in [0, 0.1) is 11.3 Å². The zero-order valence-corrected chi connectivity index (χ0v) is 16.3. The topological polar surface area (TPSA) is 117 Å². The molecule has 2 aromatic carbocycles. The van der Waals surface area contributed by atoms with Gasteiger partial charge in [0.2, 0.25) is 10.0 Å². The average Bonchev–Trinajstić information content (AvgIpc) is 3.28. The van der Waals surface area contributed by atoms with E-state index in [1.54, 1.807) is 24.3 Å². The molecule has 3 rings (SSSR count). The van der Waals surface area contributed by atoms with Crippen LogP contribution in [0.5, 0.6) is 0 Å². The highest BCUT2D eigenvalue weighted by atomic mass is 32.2. The van der Waals surface area contributed by atoms with Crippen LogP contribution >= 0.6 is 0 Å². The van der Waals surface area contributed by atoms with Gasteiger partial charge in [-0.3, -0.25) is 4.79 Å². The van der Waals surface area contributed by atoms with E-state index in [0.717, 1.165) is 12.8 Å². The Morgan fingerprint density at radius 3 is 2.38 bits per heavy atom. The molecule has 0 bridgehead atoms. The third-order valence-corrected chi connectivity index (χ3v) is 6.36. The second-order valence-electron chi connectivity index (χ2n) is 6.42. The summed E-state index contributed by atoms with van der Waals surface area (Å²) in [4.78, 5) is 24.2. The van der Waals surface area contributed by atoms with Crippen molar-refractivity contribution in [3.05, 3.63) is 59.7 Å². The maximum Gasteiger partial charge on any atom is 0.338 e. The molecule has 0 saturated carbocycles. The van der Waals surface area contributed by atoms with Gasteiger partial charge in [-0.1, -0.05) is 12.1 Å². The molecule has 1 N–H and O–H groups in total. The summed E-state index contributed by atoms with van der Waals surface area (Å²) in [5.74, 6) is -1.34. The Morgan fingerprint density at radius 1 is 1.07 bits per heavy atom. The fourth-order valence-electron chi connectivity index (χ4n) is 2.93. The van der Waals surface area contributed by atoms with Gasteiger partial charge < -0.3 is 10.1 Å². The Bertz CT molecular complexity index is 1050. The molecule has 1 heterocycles. The lowest BCUT2D eigenvalue weighted by molar-refractivity contribution is -0.119. The summed E-state index contributed by atoms with van der Waals surface area (Å²) in [6.45, 7) is 0.457. The predicted molar refractivity (Wildman–Crippen MR) is 105 cm³/mol. The lowest BCUT2D eigenvalue weighted by Crippen LogP contribution is -2.27. The first kappa shape index (κ1) is 20.5. The molecule has 2 aromatic rings. The number of carbonyl (C=O) groups is 2. The minimum Gasteiger partial charge on any atom is -0.452 e. The van der Waals surface area contributed by atoms with Gasteiger partial charge in [-0.25, -0.2) is 13.2 Å². The van der Waals surface area contributed by atoms with Crippen LogP contribution in [0.15, 0.2) is 53.4 Å². The summed E-state index contributed by atoms with van der Waals surface area (Å²) in [7, 11) is -3.56. The van der Waals surface area contributed by atoms with E-state index in [9.17, 15) is 18.0 Å². The number of rotatable bonds is 6. The molecule has 8 nitrogen and oxygen atoms in total. The first-order valence-corrected chi connectivity index (χ1v) is 10.4. The standard InChI is InChI=1S/C20H19N3O5S/c21-13-16-5-1-2-6-18(16)22-19(24)14-28-20(25)15-7-9-17(10-8-15)29(26,27)23-11-3-4-12-23/h1-2,5-10H,3-4,11-12,14H2,(H,22,24). The molecule has 0 aliphatic carbocycles. The second kappa shape index (κ2) is 8.86. The third kappa shape index (κ3) is 4.80. The van der Waals surface area contributed by atoms with E-state index in [1.807, 2.05) is 6.07 Å². The van der Waals surface area contributed by atoms with Crippen molar-refractivity contribution < 1.29 is 22.7 Å². The molecule has 9 heteroatoms. The van der Waals surface area contributed by atoms with Crippen molar-refractivity contribution in [1.29, 1.82) is 5.26 Å². The van der Waals surface area contributed by atoms with Crippen LogP contribution in [0.2, 0.25) is 0 Å². The number of amides is 1. The van der Waals surface area contributed by atoms with Crippen molar-refractivity contribution in [3.8, 4) is 6.07 Å². The molecule has 0 spiro atoms. The molecule has 1 saturated heterocycles. The summed E-state index contributed by atoms with van der Waals surface area (Å²) < 4.78 is 31.4. The molecule has 1 fully saturated rings. The van der Waals surface area contributed by atoms with Crippen LogP contribution in [-0.2, 0) is 19.6 Å². The molecule has 29 heavy (non-hydrogen) atoms. The van der Waals surface area contributed by atoms with Crippen LogP contribution in [0.1, 0.15) is 28.8 Å². The number of carbonyl (C=O) groups excluding carboxylic acids is 2. The third-order valence-electron chi connectivity index (χ3n) is 4.45. The Morgan fingerprint density at radius 2 is 1.72 bits per heavy atom. The van der Waals surface area contributed by atoms with Gasteiger partial charge in [0.25, 0.3) is 5.91 Å².